The molecule has 0 unspecified atom stereocenters. The number of halogens is 1. The Morgan fingerprint density at radius 2 is 1.85 bits per heavy atom. The van der Waals surface area contributed by atoms with Gasteiger partial charge in [0.2, 0.25) is 0 Å². The van der Waals surface area contributed by atoms with E-state index in [1.807, 2.05) is 65.6 Å². The molecule has 0 atom stereocenters. The smallest absolute Gasteiger partial charge is 0.263 e. The van der Waals surface area contributed by atoms with Gasteiger partial charge in [0.05, 0.1) is 0 Å². The number of anilines is 1. The first-order valence-corrected chi connectivity index (χ1v) is 9.22. The zero-order valence-electron chi connectivity index (χ0n) is 14.9. The number of piperazine rings is 1. The standard InChI is InChI=1S/C21H21ClN4O/c22-19-7-4-8-20(13-19)26-11-9-25(10-12-26)16-18(14-23)21(27)24-15-17-5-2-1-3-6-17/h1-8,13,16H,9-12,15H2,(H,24,27)/b18-16-. The first-order valence-electron chi connectivity index (χ1n) is 8.84. The van der Waals surface area contributed by atoms with E-state index < -0.39 is 0 Å². The molecule has 1 N–H and O–H groups in total. The highest BCUT2D eigenvalue weighted by Crippen LogP contribution is 2.21. The summed E-state index contributed by atoms with van der Waals surface area (Å²) < 4.78 is 0. The van der Waals surface area contributed by atoms with E-state index >= 15 is 0 Å². The van der Waals surface area contributed by atoms with Crippen LogP contribution < -0.4 is 10.2 Å². The Kier molecular flexibility index (Phi) is 6.35. The predicted molar refractivity (Wildman–Crippen MR) is 107 cm³/mol. The van der Waals surface area contributed by atoms with Crippen LogP contribution >= 0.6 is 11.6 Å². The summed E-state index contributed by atoms with van der Waals surface area (Å²) in [5, 5.41) is 12.9. The van der Waals surface area contributed by atoms with Crippen LogP contribution in [0.4, 0.5) is 5.69 Å². The maximum Gasteiger partial charge on any atom is 0.263 e. The van der Waals surface area contributed by atoms with E-state index in [1.54, 1.807) is 6.20 Å². The van der Waals surface area contributed by atoms with Gasteiger partial charge in [-0.3, -0.25) is 4.79 Å². The maximum atomic E-state index is 12.3. The topological polar surface area (TPSA) is 59.4 Å². The summed E-state index contributed by atoms with van der Waals surface area (Å²) in [6.07, 6.45) is 1.66. The van der Waals surface area contributed by atoms with Gasteiger partial charge in [0, 0.05) is 49.6 Å². The van der Waals surface area contributed by atoms with Crippen LogP contribution in [0.2, 0.25) is 5.02 Å². The van der Waals surface area contributed by atoms with Gasteiger partial charge in [-0.2, -0.15) is 5.26 Å². The summed E-state index contributed by atoms with van der Waals surface area (Å²) in [6, 6.07) is 19.4. The maximum absolute atomic E-state index is 12.3. The monoisotopic (exact) mass is 380 g/mol. The number of amides is 1. The number of rotatable bonds is 5. The highest BCUT2D eigenvalue weighted by Gasteiger charge is 2.17. The molecule has 6 heteroatoms. The summed E-state index contributed by atoms with van der Waals surface area (Å²) in [6.45, 7) is 3.50. The number of nitriles is 1. The number of carbonyl (C=O) groups excluding carboxylic acids is 1. The second-order valence-corrected chi connectivity index (χ2v) is 6.76. The van der Waals surface area contributed by atoms with Gasteiger partial charge in [-0.25, -0.2) is 0 Å². The first-order chi connectivity index (χ1) is 13.2. The lowest BCUT2D eigenvalue weighted by molar-refractivity contribution is -0.117. The Morgan fingerprint density at radius 1 is 1.11 bits per heavy atom. The normalized spacial score (nSPS) is 14.6. The molecule has 1 aliphatic rings. The summed E-state index contributed by atoms with van der Waals surface area (Å²) in [4.78, 5) is 16.6. The van der Waals surface area contributed by atoms with E-state index in [1.165, 1.54) is 0 Å². The van der Waals surface area contributed by atoms with Gasteiger partial charge < -0.3 is 15.1 Å². The second-order valence-electron chi connectivity index (χ2n) is 6.33. The van der Waals surface area contributed by atoms with Crippen molar-refractivity contribution in [2.45, 2.75) is 6.54 Å². The first kappa shape index (κ1) is 18.8. The fraction of sp³-hybridized carbons (Fsp3) is 0.238. The minimum Gasteiger partial charge on any atom is -0.373 e. The Morgan fingerprint density at radius 3 is 2.52 bits per heavy atom. The number of benzene rings is 2. The van der Waals surface area contributed by atoms with Crippen LogP contribution in [0.1, 0.15) is 5.56 Å². The molecule has 0 saturated carbocycles. The van der Waals surface area contributed by atoms with Crippen LogP contribution in [-0.2, 0) is 11.3 Å². The van der Waals surface area contributed by atoms with Crippen LogP contribution in [0.15, 0.2) is 66.4 Å². The fourth-order valence-electron chi connectivity index (χ4n) is 2.98. The zero-order valence-corrected chi connectivity index (χ0v) is 15.7. The molecule has 0 bridgehead atoms. The number of carbonyl (C=O) groups is 1. The van der Waals surface area contributed by atoms with Gasteiger partial charge >= 0.3 is 0 Å². The molecule has 0 spiro atoms. The summed E-state index contributed by atoms with van der Waals surface area (Å²) >= 11 is 6.06. The van der Waals surface area contributed by atoms with E-state index in [2.05, 4.69) is 10.2 Å². The average molecular weight is 381 g/mol. The number of hydrogen-bond acceptors (Lipinski definition) is 4. The van der Waals surface area contributed by atoms with Gasteiger partial charge in [-0.1, -0.05) is 48.0 Å². The highest BCUT2D eigenvalue weighted by molar-refractivity contribution is 6.30. The summed E-state index contributed by atoms with van der Waals surface area (Å²) in [5.41, 5.74) is 2.22. The average Bonchev–Trinajstić information content (AvgIpc) is 2.71. The van der Waals surface area contributed by atoms with E-state index in [-0.39, 0.29) is 11.5 Å². The fourth-order valence-corrected chi connectivity index (χ4v) is 3.16. The van der Waals surface area contributed by atoms with Crippen molar-refractivity contribution >= 4 is 23.2 Å². The Bertz CT molecular complexity index is 852. The van der Waals surface area contributed by atoms with Crippen molar-refractivity contribution in [3.63, 3.8) is 0 Å². The molecule has 0 aliphatic carbocycles. The molecular formula is C21H21ClN4O. The molecule has 2 aromatic carbocycles. The number of nitrogens with one attached hydrogen (secondary N) is 1. The molecule has 0 radical (unpaired) electrons. The third-order valence-electron chi connectivity index (χ3n) is 4.46. The van der Waals surface area contributed by atoms with Crippen molar-refractivity contribution < 1.29 is 4.79 Å². The largest absolute Gasteiger partial charge is 0.373 e. The van der Waals surface area contributed by atoms with Gasteiger partial charge in [0.25, 0.3) is 5.91 Å². The molecule has 1 amide bonds. The van der Waals surface area contributed by atoms with Crippen molar-refractivity contribution in [2.24, 2.45) is 0 Å². The van der Waals surface area contributed by atoms with Gasteiger partial charge in [-0.05, 0) is 23.8 Å². The van der Waals surface area contributed by atoms with Crippen LogP contribution in [0.5, 0.6) is 0 Å². The van der Waals surface area contributed by atoms with Crippen molar-refractivity contribution in [1.29, 1.82) is 5.26 Å². The molecular weight excluding hydrogens is 360 g/mol. The molecule has 0 aromatic heterocycles. The zero-order chi connectivity index (χ0) is 19.1. The van der Waals surface area contributed by atoms with E-state index in [0.29, 0.717) is 6.54 Å². The molecule has 3 rings (SSSR count). The van der Waals surface area contributed by atoms with Crippen molar-refractivity contribution in [3.05, 3.63) is 77.0 Å². The molecule has 138 valence electrons. The minimum absolute atomic E-state index is 0.127. The molecule has 5 nitrogen and oxygen atoms in total. The summed E-state index contributed by atoms with van der Waals surface area (Å²) in [5.74, 6) is -0.348. The van der Waals surface area contributed by atoms with Crippen molar-refractivity contribution in [3.8, 4) is 6.07 Å². The Hall–Kier alpha value is -2.97. The molecule has 1 fully saturated rings. The highest BCUT2D eigenvalue weighted by atomic mass is 35.5. The predicted octanol–water partition coefficient (Wildman–Crippen LogP) is 3.19. The Labute approximate surface area is 164 Å². The third-order valence-corrected chi connectivity index (χ3v) is 4.70. The minimum atomic E-state index is -0.348. The quantitative estimate of drug-likeness (QED) is 0.639. The second kappa shape index (κ2) is 9.11. The van der Waals surface area contributed by atoms with Gasteiger partial charge in [0.1, 0.15) is 11.6 Å². The van der Waals surface area contributed by atoms with Crippen molar-refractivity contribution in [1.82, 2.24) is 10.2 Å². The lowest BCUT2D eigenvalue weighted by atomic mass is 10.2. The van der Waals surface area contributed by atoms with Crippen LogP contribution in [0, 0.1) is 11.3 Å². The summed E-state index contributed by atoms with van der Waals surface area (Å²) in [7, 11) is 0. The molecule has 27 heavy (non-hydrogen) atoms. The van der Waals surface area contributed by atoms with E-state index in [9.17, 15) is 10.1 Å². The van der Waals surface area contributed by atoms with Gasteiger partial charge in [-0.15, -0.1) is 0 Å². The Balaban J connectivity index is 1.55. The molecule has 2 aromatic rings. The van der Waals surface area contributed by atoms with Crippen molar-refractivity contribution in [2.75, 3.05) is 31.1 Å². The lowest BCUT2D eigenvalue weighted by Crippen LogP contribution is -2.44. The number of nitrogens with zero attached hydrogens (tertiary/aromatic N) is 3. The third kappa shape index (κ3) is 5.25. The van der Waals surface area contributed by atoms with Gasteiger partial charge in [0.15, 0.2) is 0 Å². The SMILES string of the molecule is N#C/C(=C/N1CCN(c2cccc(Cl)c2)CC1)C(=O)NCc1ccccc1. The molecule has 1 heterocycles. The van der Waals surface area contributed by atoms with E-state index in [0.717, 1.165) is 42.5 Å². The number of hydrogen-bond donors (Lipinski definition) is 1. The lowest BCUT2D eigenvalue weighted by Gasteiger charge is -2.35. The molecule has 1 aliphatic heterocycles. The van der Waals surface area contributed by atoms with Crippen LogP contribution in [0.3, 0.4) is 0 Å². The van der Waals surface area contributed by atoms with Crippen LogP contribution in [-0.4, -0.2) is 37.0 Å². The molecule has 1 saturated heterocycles. The van der Waals surface area contributed by atoms with Crippen LogP contribution in [0.25, 0.3) is 0 Å². The van der Waals surface area contributed by atoms with E-state index in [4.69, 9.17) is 11.6 Å².